The van der Waals surface area contributed by atoms with E-state index in [4.69, 9.17) is 21.9 Å². The molecular weight excluding hydrogens is 478 g/mol. The van der Waals surface area contributed by atoms with Gasteiger partial charge in [0.25, 0.3) is 0 Å². The predicted octanol–water partition coefficient (Wildman–Crippen LogP) is 4.89. The second kappa shape index (κ2) is 11.0. The zero-order valence-corrected chi connectivity index (χ0v) is 20.8. The van der Waals surface area contributed by atoms with Crippen LogP contribution in [0.5, 0.6) is 5.75 Å². The van der Waals surface area contributed by atoms with Crippen molar-refractivity contribution in [1.29, 1.82) is 0 Å². The number of benzene rings is 3. The Morgan fingerprint density at radius 1 is 0.974 bits per heavy atom. The first-order chi connectivity index (χ1) is 18.5. The van der Waals surface area contributed by atoms with Crippen LogP contribution in [0.25, 0.3) is 22.0 Å². The Hall–Kier alpha value is -4.89. The van der Waals surface area contributed by atoms with Gasteiger partial charge in [-0.25, -0.2) is 4.79 Å². The van der Waals surface area contributed by atoms with Crippen molar-refractivity contribution < 1.29 is 9.53 Å². The van der Waals surface area contributed by atoms with Gasteiger partial charge in [0.05, 0.1) is 23.4 Å². The van der Waals surface area contributed by atoms with E-state index in [-0.39, 0.29) is 0 Å². The van der Waals surface area contributed by atoms with Gasteiger partial charge in [-0.2, -0.15) is 5.10 Å². The first-order valence-electron chi connectivity index (χ1n) is 12.3. The number of aromatic nitrogens is 3. The average molecular weight is 508 g/mol. The largest absolute Gasteiger partial charge is 0.491 e. The molecule has 7 N–H and O–H groups in total. The minimum Gasteiger partial charge on any atom is -0.491 e. The van der Waals surface area contributed by atoms with E-state index in [1.807, 2.05) is 72.9 Å². The van der Waals surface area contributed by atoms with E-state index in [1.165, 1.54) is 10.5 Å². The van der Waals surface area contributed by atoms with Crippen LogP contribution in [-0.4, -0.2) is 27.8 Å². The molecule has 5 rings (SSSR count). The lowest BCUT2D eigenvalue weighted by Crippen LogP contribution is -2.31. The number of H-pyrrole nitrogens is 1. The molecular formula is C29H29N7O2. The number of amides is 2. The second-order valence-electron chi connectivity index (χ2n) is 8.88. The summed E-state index contributed by atoms with van der Waals surface area (Å²) in [6.45, 7) is 0.914. The number of carbonyl (C=O) groups is 1. The Morgan fingerprint density at radius 2 is 1.79 bits per heavy atom. The van der Waals surface area contributed by atoms with Crippen LogP contribution in [0.3, 0.4) is 0 Å². The van der Waals surface area contributed by atoms with Crippen LogP contribution < -0.4 is 26.8 Å². The van der Waals surface area contributed by atoms with Gasteiger partial charge in [0.2, 0.25) is 0 Å². The van der Waals surface area contributed by atoms with Crippen LogP contribution in [0.2, 0.25) is 0 Å². The molecule has 0 spiro atoms. The summed E-state index contributed by atoms with van der Waals surface area (Å²) >= 11 is 0. The monoisotopic (exact) mass is 507 g/mol. The van der Waals surface area contributed by atoms with Crippen LogP contribution >= 0.6 is 0 Å². The Morgan fingerprint density at radius 3 is 2.53 bits per heavy atom. The number of nitrogens with one attached hydrogen (secondary N) is 1. The summed E-state index contributed by atoms with van der Waals surface area (Å²) in [4.78, 5) is 17.9. The number of ether oxygens (including phenoxy) is 1. The summed E-state index contributed by atoms with van der Waals surface area (Å²) in [7, 11) is 0. The van der Waals surface area contributed by atoms with E-state index in [0.29, 0.717) is 36.1 Å². The first-order valence-corrected chi connectivity index (χ1v) is 12.3. The zero-order valence-electron chi connectivity index (χ0n) is 20.8. The molecule has 2 heterocycles. The molecule has 9 nitrogen and oxygen atoms in total. The third kappa shape index (κ3) is 5.14. The number of rotatable bonds is 9. The molecule has 2 aromatic heterocycles. The quantitative estimate of drug-likeness (QED) is 0.209. The molecule has 38 heavy (non-hydrogen) atoms. The molecule has 3 aromatic carbocycles. The molecule has 5 aromatic rings. The Labute approximate surface area is 220 Å². The van der Waals surface area contributed by atoms with Crippen molar-refractivity contribution in [2.45, 2.75) is 19.4 Å². The summed E-state index contributed by atoms with van der Waals surface area (Å²) in [6, 6.07) is 22.3. The molecule has 0 saturated heterocycles. The van der Waals surface area contributed by atoms with Gasteiger partial charge in [0.15, 0.2) is 5.82 Å². The molecule has 0 bridgehead atoms. The summed E-state index contributed by atoms with van der Waals surface area (Å²) in [5.41, 5.74) is 23.7. The summed E-state index contributed by atoms with van der Waals surface area (Å²) in [5, 5.41) is 8.02. The number of primary amides is 1. The summed E-state index contributed by atoms with van der Waals surface area (Å²) < 4.78 is 6.08. The van der Waals surface area contributed by atoms with Gasteiger partial charge in [-0.15, -0.1) is 0 Å². The maximum Gasteiger partial charge on any atom is 0.323 e. The minimum atomic E-state index is -0.585. The van der Waals surface area contributed by atoms with Gasteiger partial charge >= 0.3 is 6.03 Å². The van der Waals surface area contributed by atoms with Crippen molar-refractivity contribution in [2.75, 3.05) is 17.2 Å². The number of carbonyl (C=O) groups excluding carboxylic acids is 1. The third-order valence-electron chi connectivity index (χ3n) is 6.36. The maximum absolute atomic E-state index is 12.3. The standard InChI is InChI=1S/C29H29N7O2/c30-17-20-4-1-7-23(16-20)36(29(32)37)22-10-8-21(9-11-22)24-12-13-25(27-26(24)28(31)35-34-27)38-15-3-6-19-5-2-14-33-18-19/h1-2,4-5,7-14,16,18H,3,6,15,17,30H2,(H2,32,37)(H3,31,34,35). The first kappa shape index (κ1) is 24.8. The molecule has 0 aliphatic heterocycles. The number of pyridine rings is 1. The van der Waals surface area contributed by atoms with E-state index in [9.17, 15) is 4.79 Å². The van der Waals surface area contributed by atoms with E-state index in [2.05, 4.69) is 21.2 Å². The fourth-order valence-electron chi connectivity index (χ4n) is 4.51. The highest BCUT2D eigenvalue weighted by atomic mass is 16.5. The van der Waals surface area contributed by atoms with Crippen LogP contribution in [0.1, 0.15) is 17.5 Å². The van der Waals surface area contributed by atoms with Crippen molar-refractivity contribution >= 4 is 34.1 Å². The fourth-order valence-corrected chi connectivity index (χ4v) is 4.51. The second-order valence-corrected chi connectivity index (χ2v) is 8.88. The van der Waals surface area contributed by atoms with Crippen molar-refractivity contribution in [3.63, 3.8) is 0 Å². The van der Waals surface area contributed by atoms with E-state index < -0.39 is 6.03 Å². The van der Waals surface area contributed by atoms with E-state index >= 15 is 0 Å². The van der Waals surface area contributed by atoms with E-state index in [1.54, 1.807) is 6.20 Å². The maximum atomic E-state index is 12.3. The van der Waals surface area contributed by atoms with Gasteiger partial charge in [0.1, 0.15) is 11.3 Å². The van der Waals surface area contributed by atoms with Crippen LogP contribution in [0.4, 0.5) is 22.0 Å². The highest BCUT2D eigenvalue weighted by molar-refractivity contribution is 6.04. The van der Waals surface area contributed by atoms with Crippen molar-refractivity contribution in [3.8, 4) is 16.9 Å². The van der Waals surface area contributed by atoms with Gasteiger partial charge in [0, 0.05) is 18.9 Å². The highest BCUT2D eigenvalue weighted by Gasteiger charge is 2.18. The topological polar surface area (TPSA) is 149 Å². The number of hydrogen-bond acceptors (Lipinski definition) is 6. The van der Waals surface area contributed by atoms with Crippen LogP contribution in [0.15, 0.2) is 85.2 Å². The normalized spacial score (nSPS) is 11.0. The molecule has 0 radical (unpaired) electrons. The third-order valence-corrected chi connectivity index (χ3v) is 6.36. The number of nitrogens with two attached hydrogens (primary N) is 3. The number of anilines is 3. The molecule has 0 atom stereocenters. The number of hydrogen-bond donors (Lipinski definition) is 4. The van der Waals surface area contributed by atoms with Crippen molar-refractivity contribution in [1.82, 2.24) is 15.2 Å². The lowest BCUT2D eigenvalue weighted by atomic mass is 10.0. The smallest absolute Gasteiger partial charge is 0.323 e. The molecule has 0 unspecified atom stereocenters. The average Bonchev–Trinajstić information content (AvgIpc) is 3.34. The Bertz CT molecular complexity index is 1550. The van der Waals surface area contributed by atoms with Gasteiger partial charge in [-0.3, -0.25) is 15.0 Å². The molecule has 0 aliphatic carbocycles. The summed E-state index contributed by atoms with van der Waals surface area (Å²) in [6.07, 6.45) is 5.37. The molecule has 0 fully saturated rings. The van der Waals surface area contributed by atoms with Crippen LogP contribution in [0, 0.1) is 0 Å². The highest BCUT2D eigenvalue weighted by Crippen LogP contribution is 2.37. The lowest BCUT2D eigenvalue weighted by Gasteiger charge is -2.21. The molecule has 192 valence electrons. The van der Waals surface area contributed by atoms with E-state index in [0.717, 1.165) is 40.4 Å². The Kier molecular flexibility index (Phi) is 7.19. The molecule has 2 amide bonds. The lowest BCUT2D eigenvalue weighted by molar-refractivity contribution is 0.256. The van der Waals surface area contributed by atoms with Gasteiger partial charge < -0.3 is 21.9 Å². The minimum absolute atomic E-state index is 0.367. The molecule has 9 heteroatoms. The van der Waals surface area contributed by atoms with Crippen molar-refractivity contribution in [3.05, 3.63) is 96.3 Å². The molecule has 0 saturated carbocycles. The number of nitrogen functional groups attached to an aromatic ring is 1. The number of aryl methyl sites for hydroxylation is 1. The SMILES string of the molecule is NCc1cccc(N(C(N)=O)c2ccc(-c3ccc(OCCCc4cccnc4)c4[nH]nc(N)c34)cc2)c1. The van der Waals surface area contributed by atoms with Gasteiger partial charge in [-0.1, -0.05) is 30.3 Å². The number of aromatic amines is 1. The van der Waals surface area contributed by atoms with Crippen LogP contribution in [-0.2, 0) is 13.0 Å². The summed E-state index contributed by atoms with van der Waals surface area (Å²) in [5.74, 6) is 1.08. The fraction of sp³-hybridized carbons (Fsp3) is 0.138. The molecule has 0 aliphatic rings. The zero-order chi connectivity index (χ0) is 26.5. The number of fused-ring (bicyclic) bond motifs is 1. The van der Waals surface area contributed by atoms with Gasteiger partial charge in [-0.05, 0) is 77.6 Å². The predicted molar refractivity (Wildman–Crippen MR) is 150 cm³/mol. The number of urea groups is 1. The number of nitrogens with zero attached hydrogens (tertiary/aromatic N) is 3. The Balaban J connectivity index is 1.38. The van der Waals surface area contributed by atoms with Crippen molar-refractivity contribution in [2.24, 2.45) is 11.5 Å².